The smallest absolute Gasteiger partial charge is 0.335 e. The molecule has 0 aliphatic carbocycles. The molecule has 0 bridgehead atoms. The molecule has 2 heterocycles. The van der Waals surface area contributed by atoms with E-state index in [1.54, 1.807) is 38.5 Å². The van der Waals surface area contributed by atoms with Crippen LogP contribution in [-0.4, -0.2) is 42.7 Å². The van der Waals surface area contributed by atoms with Gasteiger partial charge in [0.25, 0.3) is 0 Å². The van der Waals surface area contributed by atoms with E-state index in [4.69, 9.17) is 14.9 Å². The van der Waals surface area contributed by atoms with Crippen molar-refractivity contribution in [1.29, 1.82) is 5.41 Å². The number of rotatable bonds is 6. The van der Waals surface area contributed by atoms with Crippen molar-refractivity contribution in [2.24, 2.45) is 0 Å². The van der Waals surface area contributed by atoms with E-state index in [9.17, 15) is 15.0 Å². The van der Waals surface area contributed by atoms with Crippen LogP contribution in [0.15, 0.2) is 53.6 Å². The van der Waals surface area contributed by atoms with Crippen LogP contribution in [0.4, 0.5) is 5.69 Å². The monoisotopic (exact) mass is 436 g/mol. The standard InChI is InChI=1S/C22H19N3O5S/c1-29-17-7-6-12(9-18(17)30-2)15-11-31-21(24-15)19-16(26)10-25(20(19)23)14-5-3-4-13(8-14)22(27)28/h3-9,11,23,26H,10H2,1-2H3,(H,27,28)/p-1. The summed E-state index contributed by atoms with van der Waals surface area (Å²) in [4.78, 5) is 17.3. The molecule has 3 aromatic rings. The summed E-state index contributed by atoms with van der Waals surface area (Å²) >= 11 is 1.28. The number of ether oxygens (including phenoxy) is 2. The summed E-state index contributed by atoms with van der Waals surface area (Å²) in [6.45, 7) is -0.0392. The van der Waals surface area contributed by atoms with Gasteiger partial charge in [0.2, 0.25) is 0 Å². The lowest BCUT2D eigenvalue weighted by Gasteiger charge is -2.20. The Morgan fingerprint density at radius 2 is 1.97 bits per heavy atom. The van der Waals surface area contributed by atoms with Gasteiger partial charge in [-0.2, -0.15) is 0 Å². The van der Waals surface area contributed by atoms with Gasteiger partial charge in [-0.1, -0.05) is 11.8 Å². The molecule has 0 saturated heterocycles. The highest BCUT2D eigenvalue weighted by Crippen LogP contribution is 2.36. The van der Waals surface area contributed by atoms with Crippen LogP contribution in [0.5, 0.6) is 11.5 Å². The number of carboxylic acid groups (broad SMARTS) is 1. The average molecular weight is 436 g/mol. The number of aromatic nitrogens is 1. The number of benzene rings is 2. The first-order valence-electron chi connectivity index (χ1n) is 9.21. The normalized spacial score (nSPS) is 13.6. The van der Waals surface area contributed by atoms with Crippen molar-refractivity contribution in [3.8, 4) is 22.8 Å². The van der Waals surface area contributed by atoms with Crippen LogP contribution >= 0.6 is 11.3 Å². The van der Waals surface area contributed by atoms with E-state index in [0.29, 0.717) is 27.9 Å². The number of amidine groups is 1. The highest BCUT2D eigenvalue weighted by Gasteiger charge is 2.27. The number of hydrogen-bond acceptors (Lipinski definition) is 7. The molecule has 2 aromatic carbocycles. The molecule has 4 rings (SSSR count). The zero-order valence-electron chi connectivity index (χ0n) is 16.7. The fourth-order valence-corrected chi connectivity index (χ4v) is 4.22. The third-order valence-corrected chi connectivity index (χ3v) is 5.75. The molecule has 0 radical (unpaired) electrons. The van der Waals surface area contributed by atoms with Crippen molar-refractivity contribution in [2.45, 2.75) is 0 Å². The van der Waals surface area contributed by atoms with Crippen LogP contribution in [0.25, 0.3) is 16.8 Å². The Labute approximate surface area is 182 Å². The van der Waals surface area contributed by atoms with Gasteiger partial charge < -0.3 is 24.6 Å². The number of aromatic carboxylic acids is 1. The van der Waals surface area contributed by atoms with Gasteiger partial charge in [0.05, 0.1) is 25.5 Å². The maximum Gasteiger partial charge on any atom is 0.335 e. The molecule has 1 aliphatic heterocycles. The van der Waals surface area contributed by atoms with Gasteiger partial charge in [0.1, 0.15) is 10.8 Å². The number of anilines is 1. The fourth-order valence-electron chi connectivity index (χ4n) is 3.33. The fraction of sp³-hybridized carbons (Fsp3) is 0.136. The van der Waals surface area contributed by atoms with Crippen molar-refractivity contribution in [2.75, 3.05) is 25.7 Å². The molecule has 0 saturated carbocycles. The third-order valence-electron chi connectivity index (χ3n) is 4.89. The Balaban J connectivity index is 1.63. The van der Waals surface area contributed by atoms with E-state index in [-0.39, 0.29) is 29.3 Å². The number of methoxy groups -OCH3 is 2. The largest absolute Gasteiger partial charge is 0.874 e. The van der Waals surface area contributed by atoms with Gasteiger partial charge >= 0.3 is 5.97 Å². The molecule has 2 N–H and O–H groups in total. The van der Waals surface area contributed by atoms with Gasteiger partial charge in [-0.25, -0.2) is 9.78 Å². The van der Waals surface area contributed by atoms with E-state index in [2.05, 4.69) is 4.98 Å². The average Bonchev–Trinajstić information content (AvgIpc) is 3.37. The molecule has 0 spiro atoms. The number of carbonyl (C=O) groups is 1. The summed E-state index contributed by atoms with van der Waals surface area (Å²) < 4.78 is 10.6. The predicted molar refractivity (Wildman–Crippen MR) is 116 cm³/mol. The molecule has 0 unspecified atom stereocenters. The van der Waals surface area contributed by atoms with E-state index in [1.165, 1.54) is 28.4 Å². The van der Waals surface area contributed by atoms with Crippen LogP contribution in [0, 0.1) is 5.41 Å². The SMILES string of the molecule is COc1ccc(-c2csc(C3=C([O-])CN(c4cccc(C(=O)O)c4)C3=N)n2)cc1OC. The zero-order chi connectivity index (χ0) is 22.1. The number of carboxylic acids is 1. The minimum atomic E-state index is -1.07. The topological polar surface area (TPSA) is 119 Å². The maximum atomic E-state index is 12.7. The van der Waals surface area contributed by atoms with Crippen molar-refractivity contribution in [3.05, 3.63) is 64.2 Å². The van der Waals surface area contributed by atoms with Crippen LogP contribution < -0.4 is 19.5 Å². The Kier molecular flexibility index (Phi) is 5.35. The summed E-state index contributed by atoms with van der Waals surface area (Å²) in [6, 6.07) is 11.6. The lowest BCUT2D eigenvalue weighted by atomic mass is 10.1. The van der Waals surface area contributed by atoms with Gasteiger partial charge in [-0.15, -0.1) is 11.3 Å². The van der Waals surface area contributed by atoms with Crippen molar-refractivity contribution >= 4 is 34.4 Å². The van der Waals surface area contributed by atoms with E-state index in [0.717, 1.165) is 5.56 Å². The van der Waals surface area contributed by atoms with Crippen LogP contribution in [0.3, 0.4) is 0 Å². The van der Waals surface area contributed by atoms with E-state index >= 15 is 0 Å². The van der Waals surface area contributed by atoms with Crippen LogP contribution in [0.2, 0.25) is 0 Å². The van der Waals surface area contributed by atoms with E-state index < -0.39 is 5.97 Å². The summed E-state index contributed by atoms with van der Waals surface area (Å²) in [5.74, 6) is -0.137. The minimum Gasteiger partial charge on any atom is -0.874 e. The lowest BCUT2D eigenvalue weighted by Crippen LogP contribution is -2.27. The van der Waals surface area contributed by atoms with Gasteiger partial charge in [-0.05, 0) is 36.4 Å². The molecular formula is C22H18N3O5S-. The molecule has 1 aliphatic rings. The van der Waals surface area contributed by atoms with E-state index in [1.807, 2.05) is 11.4 Å². The number of thiazole rings is 1. The summed E-state index contributed by atoms with van der Waals surface area (Å²) in [5.41, 5.74) is 2.24. The molecule has 0 atom stereocenters. The van der Waals surface area contributed by atoms with Crippen molar-refractivity contribution < 1.29 is 24.5 Å². The first kappa shape index (κ1) is 20.4. The second-order valence-corrected chi connectivity index (χ2v) is 7.55. The Morgan fingerprint density at radius 1 is 1.19 bits per heavy atom. The first-order chi connectivity index (χ1) is 14.9. The summed E-state index contributed by atoms with van der Waals surface area (Å²) in [5, 5.41) is 32.7. The zero-order valence-corrected chi connectivity index (χ0v) is 17.5. The third kappa shape index (κ3) is 3.71. The molecule has 8 nitrogen and oxygen atoms in total. The number of nitrogens with one attached hydrogen (secondary N) is 1. The highest BCUT2D eigenvalue weighted by atomic mass is 32.1. The Hall–Kier alpha value is -3.85. The molecule has 0 amide bonds. The second-order valence-electron chi connectivity index (χ2n) is 6.70. The van der Waals surface area contributed by atoms with Crippen molar-refractivity contribution in [3.63, 3.8) is 0 Å². The Bertz CT molecular complexity index is 1220. The quantitative estimate of drug-likeness (QED) is 0.609. The highest BCUT2D eigenvalue weighted by molar-refractivity contribution is 7.11. The van der Waals surface area contributed by atoms with Gasteiger partial charge in [0, 0.05) is 28.7 Å². The predicted octanol–water partition coefficient (Wildman–Crippen LogP) is 3.09. The minimum absolute atomic E-state index is 0.000695. The molecule has 31 heavy (non-hydrogen) atoms. The van der Waals surface area contributed by atoms with Gasteiger partial charge in [0.15, 0.2) is 11.5 Å². The van der Waals surface area contributed by atoms with Crippen LogP contribution in [0.1, 0.15) is 15.4 Å². The lowest BCUT2D eigenvalue weighted by molar-refractivity contribution is -0.300. The summed E-state index contributed by atoms with van der Waals surface area (Å²) in [6.07, 6.45) is 0. The molecule has 0 fully saturated rings. The number of nitrogens with zero attached hydrogens (tertiary/aromatic N) is 2. The Morgan fingerprint density at radius 3 is 2.68 bits per heavy atom. The number of hydrogen-bond donors (Lipinski definition) is 2. The van der Waals surface area contributed by atoms with Gasteiger partial charge in [-0.3, -0.25) is 5.41 Å². The first-order valence-corrected chi connectivity index (χ1v) is 10.1. The second kappa shape index (κ2) is 8.11. The van der Waals surface area contributed by atoms with Crippen LogP contribution in [-0.2, 0) is 0 Å². The molecule has 9 heteroatoms. The maximum absolute atomic E-state index is 12.7. The molecular weight excluding hydrogens is 418 g/mol. The summed E-state index contributed by atoms with van der Waals surface area (Å²) in [7, 11) is 3.11. The van der Waals surface area contributed by atoms with Crippen molar-refractivity contribution in [1.82, 2.24) is 4.98 Å². The molecule has 1 aromatic heterocycles. The molecule has 158 valence electrons.